The molecule has 0 atom stereocenters. The summed E-state index contributed by atoms with van der Waals surface area (Å²) in [6, 6.07) is 8.63. The molecule has 2 aromatic carbocycles. The highest BCUT2D eigenvalue weighted by molar-refractivity contribution is 5.99. The predicted molar refractivity (Wildman–Crippen MR) is 150 cm³/mol. The van der Waals surface area contributed by atoms with E-state index >= 15 is 0 Å². The zero-order valence-corrected chi connectivity index (χ0v) is 24.4. The maximum Gasteiger partial charge on any atom is 0.308 e. The maximum absolute atomic E-state index is 12.7. The van der Waals surface area contributed by atoms with Crippen molar-refractivity contribution in [3.63, 3.8) is 0 Å². The Hall–Kier alpha value is -4.82. The summed E-state index contributed by atoms with van der Waals surface area (Å²) in [5.41, 5.74) is 0.0350. The number of ether oxygens (including phenoxy) is 4. The third-order valence-corrected chi connectivity index (χ3v) is 5.45. The first-order chi connectivity index (χ1) is 20.4. The summed E-state index contributed by atoms with van der Waals surface area (Å²) in [7, 11) is 0. The minimum absolute atomic E-state index is 0.00920. The minimum atomic E-state index is -0.690. The molecule has 232 valence electrons. The molecule has 0 radical (unpaired) electrons. The Kier molecular flexibility index (Phi) is 13.8. The molecule has 0 aliphatic rings. The second-order valence-electron chi connectivity index (χ2n) is 9.17. The van der Waals surface area contributed by atoms with Crippen LogP contribution in [0.5, 0.6) is 23.0 Å². The van der Waals surface area contributed by atoms with Crippen LogP contribution < -0.4 is 29.6 Å². The van der Waals surface area contributed by atoms with Gasteiger partial charge in [-0.05, 0) is 43.5 Å². The second kappa shape index (κ2) is 17.2. The van der Waals surface area contributed by atoms with Crippen molar-refractivity contribution in [1.82, 2.24) is 15.7 Å². The van der Waals surface area contributed by atoms with E-state index < -0.39 is 35.7 Å². The lowest BCUT2D eigenvalue weighted by Crippen LogP contribution is -2.30. The zero-order chi connectivity index (χ0) is 31.9. The van der Waals surface area contributed by atoms with Crippen LogP contribution in [-0.2, 0) is 19.2 Å². The number of hydrogen-bond acceptors (Lipinski definition) is 12. The molecule has 0 aromatic heterocycles. The molecule has 0 saturated heterocycles. The van der Waals surface area contributed by atoms with Crippen molar-refractivity contribution in [2.24, 2.45) is 0 Å². The highest BCUT2D eigenvalue weighted by Gasteiger charge is 2.21. The smallest absolute Gasteiger partial charge is 0.308 e. The van der Waals surface area contributed by atoms with Crippen molar-refractivity contribution in [3.8, 4) is 23.0 Å². The first-order valence-electron chi connectivity index (χ1n) is 13.4. The van der Waals surface area contributed by atoms with Crippen LogP contribution in [0.3, 0.4) is 0 Å². The molecule has 2 rings (SSSR count). The highest BCUT2D eigenvalue weighted by atomic mass is 16.6. The summed E-state index contributed by atoms with van der Waals surface area (Å²) >= 11 is 0. The SMILES string of the molecule is CC(=O)Oc1cccc(C(=O)NCCCCN(O)CCCNC(=O)c2cccc(OC(C)=O)c2OC(C)=O)c1OC(C)=O. The van der Waals surface area contributed by atoms with Crippen LogP contribution in [0.15, 0.2) is 36.4 Å². The van der Waals surface area contributed by atoms with Gasteiger partial charge in [-0.1, -0.05) is 12.1 Å². The number of hydroxylamine groups is 2. The molecule has 2 aromatic rings. The molecule has 0 aliphatic carbocycles. The number of nitrogens with one attached hydrogen (secondary N) is 2. The van der Waals surface area contributed by atoms with Crippen LogP contribution >= 0.6 is 0 Å². The molecule has 14 nitrogen and oxygen atoms in total. The second-order valence-corrected chi connectivity index (χ2v) is 9.17. The van der Waals surface area contributed by atoms with E-state index in [1.807, 2.05) is 0 Å². The van der Waals surface area contributed by atoms with Crippen molar-refractivity contribution in [1.29, 1.82) is 0 Å². The number of rotatable bonds is 15. The third kappa shape index (κ3) is 11.9. The van der Waals surface area contributed by atoms with Gasteiger partial charge in [0.15, 0.2) is 23.0 Å². The van der Waals surface area contributed by atoms with E-state index in [1.54, 1.807) is 0 Å². The van der Waals surface area contributed by atoms with Crippen LogP contribution in [0.25, 0.3) is 0 Å². The van der Waals surface area contributed by atoms with E-state index in [0.29, 0.717) is 25.8 Å². The fraction of sp³-hybridized carbons (Fsp3) is 0.379. The summed E-state index contributed by atoms with van der Waals surface area (Å²) in [4.78, 5) is 71.0. The molecule has 0 saturated carbocycles. The predicted octanol–water partition coefficient (Wildman–Crippen LogP) is 2.41. The van der Waals surface area contributed by atoms with Crippen molar-refractivity contribution in [2.45, 2.75) is 47.0 Å². The van der Waals surface area contributed by atoms with Crippen molar-refractivity contribution in [3.05, 3.63) is 47.5 Å². The number of amides is 2. The van der Waals surface area contributed by atoms with Gasteiger partial charge in [0.05, 0.1) is 11.1 Å². The standard InChI is InChI=1S/C29H35N3O11/c1-18(33)40-24-12-7-10-22(26(24)42-20(3)35)28(37)30-14-5-6-16-32(39)17-9-15-31-29(38)23-11-8-13-25(41-19(2)34)27(23)43-21(4)36/h7-8,10-13,39H,5-6,9,14-17H2,1-4H3,(H,30,37)(H,31,38). The van der Waals surface area contributed by atoms with E-state index in [0.717, 1.165) is 18.9 Å². The first kappa shape index (κ1) is 34.4. The van der Waals surface area contributed by atoms with Gasteiger partial charge in [-0.3, -0.25) is 28.8 Å². The fourth-order valence-electron chi connectivity index (χ4n) is 3.74. The molecule has 14 heteroatoms. The van der Waals surface area contributed by atoms with E-state index in [4.69, 9.17) is 18.9 Å². The minimum Gasteiger partial charge on any atom is -0.423 e. The van der Waals surface area contributed by atoms with Crippen LogP contribution in [0, 0.1) is 0 Å². The number of carbonyl (C=O) groups is 6. The molecule has 0 heterocycles. The Balaban J connectivity index is 1.77. The Morgan fingerprint density at radius 2 is 1.00 bits per heavy atom. The van der Waals surface area contributed by atoms with Crippen molar-refractivity contribution >= 4 is 35.7 Å². The molecule has 2 amide bonds. The summed E-state index contributed by atoms with van der Waals surface area (Å²) in [5.74, 6) is -4.18. The molecule has 0 fully saturated rings. The van der Waals surface area contributed by atoms with Gasteiger partial charge in [0.1, 0.15) is 0 Å². The van der Waals surface area contributed by atoms with Gasteiger partial charge < -0.3 is 34.8 Å². The van der Waals surface area contributed by atoms with E-state index in [2.05, 4.69) is 10.6 Å². The number of esters is 4. The number of unbranched alkanes of at least 4 members (excludes halogenated alkanes) is 1. The van der Waals surface area contributed by atoms with Crippen molar-refractivity contribution in [2.75, 3.05) is 26.2 Å². The highest BCUT2D eigenvalue weighted by Crippen LogP contribution is 2.33. The largest absolute Gasteiger partial charge is 0.423 e. The Morgan fingerprint density at radius 1 is 0.605 bits per heavy atom. The van der Waals surface area contributed by atoms with E-state index in [-0.39, 0.29) is 53.8 Å². The molecule has 0 bridgehead atoms. The maximum atomic E-state index is 12.7. The number of para-hydroxylation sites is 2. The zero-order valence-electron chi connectivity index (χ0n) is 24.4. The third-order valence-electron chi connectivity index (χ3n) is 5.45. The molecule has 0 aliphatic heterocycles. The number of hydrogen-bond donors (Lipinski definition) is 3. The summed E-state index contributed by atoms with van der Waals surface area (Å²) in [5, 5.41) is 16.6. The van der Waals surface area contributed by atoms with Gasteiger partial charge >= 0.3 is 23.9 Å². The lowest BCUT2D eigenvalue weighted by Gasteiger charge is -2.16. The summed E-state index contributed by atoms with van der Waals surface area (Å²) in [6.07, 6.45) is 1.44. The van der Waals surface area contributed by atoms with Gasteiger partial charge in [0, 0.05) is 53.9 Å². The average molecular weight is 602 g/mol. The molecular weight excluding hydrogens is 566 g/mol. The lowest BCUT2D eigenvalue weighted by molar-refractivity contribution is -0.134. The van der Waals surface area contributed by atoms with Crippen LogP contribution in [0.4, 0.5) is 0 Å². The Bertz CT molecular complexity index is 1340. The summed E-state index contributed by atoms with van der Waals surface area (Å²) < 4.78 is 20.3. The van der Waals surface area contributed by atoms with E-state index in [1.165, 1.54) is 50.2 Å². The van der Waals surface area contributed by atoms with E-state index in [9.17, 15) is 34.0 Å². The number of benzene rings is 2. The number of carbonyl (C=O) groups excluding carboxylic acids is 6. The Labute approximate surface area is 248 Å². The van der Waals surface area contributed by atoms with Gasteiger partial charge in [0.2, 0.25) is 0 Å². The van der Waals surface area contributed by atoms with Crippen molar-refractivity contribution < 1.29 is 52.9 Å². The van der Waals surface area contributed by atoms with Gasteiger partial charge in [0.25, 0.3) is 11.8 Å². The molecule has 0 spiro atoms. The first-order valence-corrected chi connectivity index (χ1v) is 13.4. The lowest BCUT2D eigenvalue weighted by atomic mass is 10.1. The topological polar surface area (TPSA) is 187 Å². The number of nitrogens with zero attached hydrogens (tertiary/aromatic N) is 1. The van der Waals surface area contributed by atoms with Crippen LogP contribution in [0.1, 0.15) is 67.7 Å². The monoisotopic (exact) mass is 601 g/mol. The molecule has 0 unspecified atom stereocenters. The van der Waals surface area contributed by atoms with Gasteiger partial charge in [-0.25, -0.2) is 0 Å². The molecule has 43 heavy (non-hydrogen) atoms. The molecule has 3 N–H and O–H groups in total. The van der Waals surface area contributed by atoms with Crippen LogP contribution in [-0.4, -0.2) is 72.1 Å². The fourth-order valence-corrected chi connectivity index (χ4v) is 3.74. The van der Waals surface area contributed by atoms with Gasteiger partial charge in [-0.2, -0.15) is 5.06 Å². The average Bonchev–Trinajstić information content (AvgIpc) is 2.91. The van der Waals surface area contributed by atoms with Gasteiger partial charge in [-0.15, -0.1) is 0 Å². The molecular formula is C29H35N3O11. The van der Waals surface area contributed by atoms with Crippen LogP contribution in [0.2, 0.25) is 0 Å². The Morgan fingerprint density at radius 3 is 1.42 bits per heavy atom. The summed E-state index contributed by atoms with van der Waals surface area (Å²) in [6.45, 7) is 5.67. The normalized spacial score (nSPS) is 10.5. The quantitative estimate of drug-likeness (QED) is 0.117.